The highest BCUT2D eigenvalue weighted by atomic mass is 32.2. The van der Waals surface area contributed by atoms with E-state index >= 15 is 0 Å². The number of hydrogen-bond acceptors (Lipinski definition) is 2. The Morgan fingerprint density at radius 3 is 2.50 bits per heavy atom. The Morgan fingerprint density at radius 2 is 2.00 bits per heavy atom. The molecule has 0 aliphatic carbocycles. The summed E-state index contributed by atoms with van der Waals surface area (Å²) in [5.41, 5.74) is 0. The molecule has 12 heavy (non-hydrogen) atoms. The van der Waals surface area contributed by atoms with E-state index in [-0.39, 0.29) is 4.90 Å². The summed E-state index contributed by atoms with van der Waals surface area (Å²) < 4.78 is 20.5. The normalized spacial score (nSPS) is 14.3. The van der Waals surface area contributed by atoms with E-state index in [0.717, 1.165) is 5.37 Å². The number of rotatable bonds is 1. The van der Waals surface area contributed by atoms with Crippen molar-refractivity contribution >= 4 is 15.2 Å². The summed E-state index contributed by atoms with van der Waals surface area (Å²) in [6.07, 6.45) is 0. The Labute approximate surface area is 71.1 Å². The first-order valence-corrected chi connectivity index (χ1v) is 4.79. The number of benzene rings is 1. The van der Waals surface area contributed by atoms with E-state index in [4.69, 9.17) is 5.26 Å². The van der Waals surface area contributed by atoms with Crippen LogP contribution in [-0.2, 0) is 9.80 Å². The second-order valence-electron chi connectivity index (χ2n) is 2.13. The molecule has 0 saturated carbocycles. The van der Waals surface area contributed by atoms with Gasteiger partial charge in [-0.25, -0.2) is 4.21 Å². The van der Waals surface area contributed by atoms with Gasteiger partial charge in [-0.3, -0.25) is 0 Å². The van der Waals surface area contributed by atoms with Crippen LogP contribution in [0, 0.1) is 11.3 Å². The van der Waals surface area contributed by atoms with Crippen molar-refractivity contribution < 1.29 is 8.76 Å². The SMILES string of the molecule is N#CC=S(=O)(O)c1ccccc1. The third-order valence-corrected chi connectivity index (χ3v) is 2.67. The van der Waals surface area contributed by atoms with Crippen LogP contribution in [0.25, 0.3) is 0 Å². The molecule has 1 rings (SSSR count). The van der Waals surface area contributed by atoms with Gasteiger partial charge in [0.1, 0.15) is 15.9 Å². The van der Waals surface area contributed by atoms with Gasteiger partial charge in [-0.15, -0.1) is 0 Å². The maximum absolute atomic E-state index is 11.3. The lowest BCUT2D eigenvalue weighted by Crippen LogP contribution is -2.00. The molecular weight excluding hydrogens is 174 g/mol. The van der Waals surface area contributed by atoms with Gasteiger partial charge in [0, 0.05) is 0 Å². The molecule has 1 aromatic carbocycles. The van der Waals surface area contributed by atoms with Crippen LogP contribution >= 0.6 is 0 Å². The fourth-order valence-corrected chi connectivity index (χ4v) is 1.58. The Morgan fingerprint density at radius 1 is 1.42 bits per heavy atom. The van der Waals surface area contributed by atoms with Crippen LogP contribution in [0.15, 0.2) is 35.2 Å². The molecule has 0 amide bonds. The van der Waals surface area contributed by atoms with Crippen LogP contribution < -0.4 is 0 Å². The van der Waals surface area contributed by atoms with E-state index in [0.29, 0.717) is 0 Å². The smallest absolute Gasteiger partial charge is 0.121 e. The predicted octanol–water partition coefficient (Wildman–Crippen LogP) is 1.13. The van der Waals surface area contributed by atoms with Gasteiger partial charge in [-0.2, -0.15) is 5.26 Å². The lowest BCUT2D eigenvalue weighted by molar-refractivity contribution is 0.560. The third kappa shape index (κ3) is 1.84. The number of nitriles is 1. The van der Waals surface area contributed by atoms with Gasteiger partial charge in [0.25, 0.3) is 0 Å². The molecule has 0 spiro atoms. The summed E-state index contributed by atoms with van der Waals surface area (Å²) in [6, 6.07) is 9.62. The van der Waals surface area contributed by atoms with Gasteiger partial charge < -0.3 is 4.55 Å². The van der Waals surface area contributed by atoms with Crippen molar-refractivity contribution in [3.63, 3.8) is 0 Å². The molecule has 1 atom stereocenters. The van der Waals surface area contributed by atoms with Crippen LogP contribution in [0.3, 0.4) is 0 Å². The van der Waals surface area contributed by atoms with Gasteiger partial charge in [0.15, 0.2) is 0 Å². The van der Waals surface area contributed by atoms with Crippen molar-refractivity contribution in [3.8, 4) is 6.07 Å². The Kier molecular flexibility index (Phi) is 2.48. The molecule has 0 radical (unpaired) electrons. The minimum absolute atomic E-state index is 0.256. The summed E-state index contributed by atoms with van der Waals surface area (Å²) in [6.45, 7) is 0. The summed E-state index contributed by atoms with van der Waals surface area (Å²) in [7, 11) is -3.25. The lowest BCUT2D eigenvalue weighted by Gasteiger charge is -1.99. The summed E-state index contributed by atoms with van der Waals surface area (Å²) in [5.74, 6) is 0. The van der Waals surface area contributed by atoms with Crippen molar-refractivity contribution in [2.45, 2.75) is 4.90 Å². The fourth-order valence-electron chi connectivity index (χ4n) is 0.755. The first-order valence-electron chi connectivity index (χ1n) is 3.21. The molecule has 0 saturated heterocycles. The molecule has 1 unspecified atom stereocenters. The van der Waals surface area contributed by atoms with E-state index in [1.54, 1.807) is 24.3 Å². The highest BCUT2D eigenvalue weighted by molar-refractivity contribution is 7.96. The average Bonchev–Trinajstić information content (AvgIpc) is 2.06. The second kappa shape index (κ2) is 3.39. The molecule has 3 nitrogen and oxygen atoms in total. The zero-order valence-corrected chi connectivity index (χ0v) is 6.99. The number of hydrogen-bond donors (Lipinski definition) is 1. The van der Waals surface area contributed by atoms with Gasteiger partial charge in [-0.05, 0) is 12.1 Å². The quantitative estimate of drug-likeness (QED) is 0.660. The van der Waals surface area contributed by atoms with E-state index in [2.05, 4.69) is 0 Å². The van der Waals surface area contributed by atoms with E-state index in [9.17, 15) is 8.76 Å². The van der Waals surface area contributed by atoms with Gasteiger partial charge in [0.05, 0.1) is 10.3 Å². The highest BCUT2D eigenvalue weighted by Crippen LogP contribution is 2.06. The van der Waals surface area contributed by atoms with Crippen molar-refractivity contribution in [2.24, 2.45) is 0 Å². The van der Waals surface area contributed by atoms with Crippen molar-refractivity contribution in [2.75, 3.05) is 0 Å². The van der Waals surface area contributed by atoms with Crippen LogP contribution in [-0.4, -0.2) is 14.1 Å². The first kappa shape index (κ1) is 8.78. The van der Waals surface area contributed by atoms with Crippen molar-refractivity contribution in [1.29, 1.82) is 5.26 Å². The molecule has 0 heterocycles. The lowest BCUT2D eigenvalue weighted by atomic mass is 10.4. The third-order valence-electron chi connectivity index (χ3n) is 1.29. The zero-order chi connectivity index (χ0) is 9.03. The van der Waals surface area contributed by atoms with E-state index < -0.39 is 9.80 Å². The molecule has 0 aliphatic heterocycles. The van der Waals surface area contributed by atoms with Crippen LogP contribution in [0.2, 0.25) is 0 Å². The first-order chi connectivity index (χ1) is 5.67. The van der Waals surface area contributed by atoms with Gasteiger partial charge >= 0.3 is 0 Å². The van der Waals surface area contributed by atoms with Crippen LogP contribution in [0.4, 0.5) is 0 Å². The van der Waals surface area contributed by atoms with Crippen molar-refractivity contribution in [1.82, 2.24) is 0 Å². The molecular formula is C8H7NO2S. The molecule has 0 bridgehead atoms. The van der Waals surface area contributed by atoms with Crippen LogP contribution in [0.5, 0.6) is 0 Å². The average molecular weight is 181 g/mol. The van der Waals surface area contributed by atoms with Crippen molar-refractivity contribution in [3.05, 3.63) is 30.3 Å². The Bertz CT molecular complexity index is 410. The molecule has 1 aromatic rings. The summed E-state index contributed by atoms with van der Waals surface area (Å²) >= 11 is 0. The maximum Gasteiger partial charge on any atom is 0.121 e. The number of nitrogens with zero attached hydrogens (tertiary/aromatic N) is 1. The molecule has 62 valence electrons. The van der Waals surface area contributed by atoms with Crippen LogP contribution in [0.1, 0.15) is 0 Å². The Balaban J connectivity index is 3.28. The molecule has 4 heteroatoms. The molecule has 0 fully saturated rings. The monoisotopic (exact) mass is 181 g/mol. The highest BCUT2D eigenvalue weighted by Gasteiger charge is 2.03. The topological polar surface area (TPSA) is 61.1 Å². The standard InChI is InChI=1S/C8H7NO2S/c9-6-7-12(10,11)8-4-2-1-3-5-8/h1-5,7H,(H,10,11). The molecule has 1 N–H and O–H groups in total. The molecule has 0 aromatic heterocycles. The van der Waals surface area contributed by atoms with Gasteiger partial charge in [0.2, 0.25) is 0 Å². The Hall–Kier alpha value is -1.31. The minimum Gasteiger partial charge on any atom is -0.309 e. The fraction of sp³-hybridized carbons (Fsp3) is 0. The summed E-state index contributed by atoms with van der Waals surface area (Å²) in [4.78, 5) is 0.256. The second-order valence-corrected chi connectivity index (χ2v) is 3.97. The zero-order valence-electron chi connectivity index (χ0n) is 6.18. The minimum atomic E-state index is -3.25. The van der Waals surface area contributed by atoms with E-state index in [1.165, 1.54) is 12.1 Å². The largest absolute Gasteiger partial charge is 0.309 e. The van der Waals surface area contributed by atoms with E-state index in [1.807, 2.05) is 0 Å². The predicted molar refractivity (Wildman–Crippen MR) is 47.2 cm³/mol. The van der Waals surface area contributed by atoms with Gasteiger partial charge in [-0.1, -0.05) is 18.2 Å². The summed E-state index contributed by atoms with van der Waals surface area (Å²) in [5, 5.41) is 8.96. The maximum atomic E-state index is 11.3. The molecule has 0 aliphatic rings.